The molecule has 0 saturated heterocycles. The second-order valence-electron chi connectivity index (χ2n) is 5.86. The van der Waals surface area contributed by atoms with Crippen LogP contribution < -0.4 is 10.6 Å². The molecule has 18 heavy (non-hydrogen) atoms. The maximum Gasteiger partial charge on any atom is 0.135 e. The number of nitrogens with zero attached hydrogens (tertiary/aromatic N) is 3. The normalized spacial score (nSPS) is 14.7. The number of nitrogens with two attached hydrogens (primary N) is 1. The van der Waals surface area contributed by atoms with Crippen LogP contribution >= 0.6 is 0 Å². The van der Waals surface area contributed by atoms with Gasteiger partial charge in [0.05, 0.1) is 0 Å². The van der Waals surface area contributed by atoms with Crippen molar-refractivity contribution < 1.29 is 0 Å². The van der Waals surface area contributed by atoms with Gasteiger partial charge in [0, 0.05) is 24.3 Å². The fourth-order valence-electron chi connectivity index (χ4n) is 2.53. The van der Waals surface area contributed by atoms with Gasteiger partial charge in [0.15, 0.2) is 0 Å². The molecule has 0 fully saturated rings. The Balaban J connectivity index is 2.26. The second-order valence-corrected chi connectivity index (χ2v) is 5.86. The van der Waals surface area contributed by atoms with Crippen LogP contribution in [-0.4, -0.2) is 29.6 Å². The van der Waals surface area contributed by atoms with Crippen molar-refractivity contribution in [3.05, 3.63) is 17.6 Å². The first kappa shape index (κ1) is 13.3. The molecule has 1 aromatic heterocycles. The average Bonchev–Trinajstić information content (AvgIpc) is 2.84. The zero-order chi connectivity index (χ0) is 13.2. The third kappa shape index (κ3) is 2.64. The van der Waals surface area contributed by atoms with Crippen molar-refractivity contribution in [1.29, 1.82) is 0 Å². The highest BCUT2D eigenvalue weighted by Gasteiger charge is 2.24. The van der Waals surface area contributed by atoms with Gasteiger partial charge in [-0.1, -0.05) is 13.8 Å². The molecule has 1 heterocycles. The van der Waals surface area contributed by atoms with Crippen LogP contribution in [0.1, 0.15) is 38.4 Å². The fraction of sp³-hybridized carbons (Fsp3) is 0.714. The first-order chi connectivity index (χ1) is 8.57. The van der Waals surface area contributed by atoms with Crippen molar-refractivity contribution in [1.82, 2.24) is 9.97 Å². The Morgan fingerprint density at radius 2 is 2.11 bits per heavy atom. The van der Waals surface area contributed by atoms with Gasteiger partial charge in [-0.05, 0) is 38.1 Å². The molecule has 4 heteroatoms. The van der Waals surface area contributed by atoms with Gasteiger partial charge in [0.1, 0.15) is 12.1 Å². The Morgan fingerprint density at radius 3 is 2.78 bits per heavy atom. The van der Waals surface area contributed by atoms with Crippen LogP contribution in [0.3, 0.4) is 0 Å². The van der Waals surface area contributed by atoms with Crippen LogP contribution in [0.4, 0.5) is 5.82 Å². The Kier molecular flexibility index (Phi) is 3.85. The molecule has 0 bridgehead atoms. The molecule has 0 radical (unpaired) electrons. The number of aromatic nitrogens is 2. The number of rotatable bonds is 5. The van der Waals surface area contributed by atoms with E-state index in [1.54, 1.807) is 6.33 Å². The van der Waals surface area contributed by atoms with Crippen molar-refractivity contribution in [2.45, 2.75) is 40.0 Å². The predicted molar refractivity (Wildman–Crippen MR) is 74.8 cm³/mol. The fourth-order valence-corrected chi connectivity index (χ4v) is 2.53. The van der Waals surface area contributed by atoms with Gasteiger partial charge in [-0.15, -0.1) is 0 Å². The molecule has 100 valence electrons. The molecule has 0 spiro atoms. The maximum absolute atomic E-state index is 5.84. The maximum atomic E-state index is 5.84. The molecule has 4 nitrogen and oxygen atoms in total. The summed E-state index contributed by atoms with van der Waals surface area (Å²) in [6.45, 7) is 9.19. The molecule has 0 aromatic carbocycles. The van der Waals surface area contributed by atoms with Gasteiger partial charge in [-0.3, -0.25) is 0 Å². The van der Waals surface area contributed by atoms with Gasteiger partial charge in [0.2, 0.25) is 0 Å². The molecule has 1 aliphatic carbocycles. The summed E-state index contributed by atoms with van der Waals surface area (Å²) < 4.78 is 0. The van der Waals surface area contributed by atoms with Crippen molar-refractivity contribution >= 4 is 5.82 Å². The Bertz CT molecular complexity index is 414. The first-order valence-electron chi connectivity index (χ1n) is 6.85. The standard InChI is InChI=1S/C14H24N4/c1-4-18(9-14(2,3)8-15)13-11-6-5-7-12(11)16-10-17-13/h10H,4-9,15H2,1-3H3. The Labute approximate surface area is 110 Å². The molecule has 1 aliphatic rings. The number of anilines is 1. The van der Waals surface area contributed by atoms with E-state index in [0.29, 0.717) is 6.54 Å². The number of hydrogen-bond acceptors (Lipinski definition) is 4. The third-order valence-electron chi connectivity index (χ3n) is 3.70. The van der Waals surface area contributed by atoms with E-state index in [1.807, 2.05) is 0 Å². The van der Waals surface area contributed by atoms with E-state index < -0.39 is 0 Å². The quantitative estimate of drug-likeness (QED) is 0.863. The van der Waals surface area contributed by atoms with Gasteiger partial charge in [0.25, 0.3) is 0 Å². The number of hydrogen-bond donors (Lipinski definition) is 1. The lowest BCUT2D eigenvalue weighted by Gasteiger charge is -2.32. The molecule has 0 atom stereocenters. The lowest BCUT2D eigenvalue weighted by atomic mass is 9.93. The Hall–Kier alpha value is -1.16. The highest BCUT2D eigenvalue weighted by molar-refractivity contribution is 5.50. The number of fused-ring (bicyclic) bond motifs is 1. The summed E-state index contributed by atoms with van der Waals surface area (Å²) in [7, 11) is 0. The van der Waals surface area contributed by atoms with E-state index in [9.17, 15) is 0 Å². The smallest absolute Gasteiger partial charge is 0.135 e. The monoisotopic (exact) mass is 248 g/mol. The van der Waals surface area contributed by atoms with Gasteiger partial charge in [-0.25, -0.2) is 9.97 Å². The van der Waals surface area contributed by atoms with Gasteiger partial charge in [-0.2, -0.15) is 0 Å². The van der Waals surface area contributed by atoms with E-state index >= 15 is 0 Å². The van der Waals surface area contributed by atoms with E-state index in [-0.39, 0.29) is 5.41 Å². The molecule has 0 amide bonds. The van der Waals surface area contributed by atoms with E-state index in [1.165, 1.54) is 17.7 Å². The van der Waals surface area contributed by atoms with Crippen LogP contribution in [-0.2, 0) is 12.8 Å². The summed E-state index contributed by atoms with van der Waals surface area (Å²) in [5, 5.41) is 0. The highest BCUT2D eigenvalue weighted by atomic mass is 15.2. The summed E-state index contributed by atoms with van der Waals surface area (Å²) in [5.74, 6) is 1.13. The van der Waals surface area contributed by atoms with Crippen LogP contribution in [0.5, 0.6) is 0 Å². The summed E-state index contributed by atoms with van der Waals surface area (Å²) in [6.07, 6.45) is 5.13. The Morgan fingerprint density at radius 1 is 1.33 bits per heavy atom. The highest BCUT2D eigenvalue weighted by Crippen LogP contribution is 2.29. The second kappa shape index (κ2) is 5.22. The topological polar surface area (TPSA) is 55.0 Å². The molecule has 2 N–H and O–H groups in total. The lowest BCUT2D eigenvalue weighted by molar-refractivity contribution is 0.378. The van der Waals surface area contributed by atoms with Crippen molar-refractivity contribution in [2.24, 2.45) is 11.1 Å². The van der Waals surface area contributed by atoms with Crippen molar-refractivity contribution in [2.75, 3.05) is 24.5 Å². The van der Waals surface area contributed by atoms with E-state index in [4.69, 9.17) is 5.73 Å². The van der Waals surface area contributed by atoms with Gasteiger partial charge >= 0.3 is 0 Å². The summed E-state index contributed by atoms with van der Waals surface area (Å²) in [6, 6.07) is 0. The molecular weight excluding hydrogens is 224 g/mol. The lowest BCUT2D eigenvalue weighted by Crippen LogP contribution is -2.39. The minimum atomic E-state index is 0.118. The van der Waals surface area contributed by atoms with E-state index in [2.05, 4.69) is 35.6 Å². The van der Waals surface area contributed by atoms with Crippen molar-refractivity contribution in [3.63, 3.8) is 0 Å². The van der Waals surface area contributed by atoms with Crippen LogP contribution in [0.2, 0.25) is 0 Å². The summed E-state index contributed by atoms with van der Waals surface area (Å²) >= 11 is 0. The molecule has 0 aliphatic heterocycles. The largest absolute Gasteiger partial charge is 0.356 e. The molecule has 2 rings (SSSR count). The number of aryl methyl sites for hydroxylation is 1. The minimum Gasteiger partial charge on any atom is -0.356 e. The van der Waals surface area contributed by atoms with E-state index in [0.717, 1.165) is 31.7 Å². The van der Waals surface area contributed by atoms with Crippen LogP contribution in [0.25, 0.3) is 0 Å². The zero-order valence-corrected chi connectivity index (χ0v) is 11.7. The van der Waals surface area contributed by atoms with Crippen molar-refractivity contribution in [3.8, 4) is 0 Å². The molecule has 1 aromatic rings. The average molecular weight is 248 g/mol. The zero-order valence-electron chi connectivity index (χ0n) is 11.7. The first-order valence-corrected chi connectivity index (χ1v) is 6.85. The summed E-state index contributed by atoms with van der Waals surface area (Å²) in [4.78, 5) is 11.3. The molecular formula is C14H24N4. The molecule has 0 unspecified atom stereocenters. The van der Waals surface area contributed by atoms with Crippen LogP contribution in [0, 0.1) is 5.41 Å². The third-order valence-corrected chi connectivity index (χ3v) is 3.70. The van der Waals surface area contributed by atoms with Crippen LogP contribution in [0.15, 0.2) is 6.33 Å². The summed E-state index contributed by atoms with van der Waals surface area (Å²) in [5.41, 5.74) is 8.55. The molecule has 0 saturated carbocycles. The minimum absolute atomic E-state index is 0.118. The van der Waals surface area contributed by atoms with Gasteiger partial charge < -0.3 is 10.6 Å². The SMILES string of the molecule is CCN(CC(C)(C)CN)c1ncnc2c1CCC2. The predicted octanol–water partition coefficient (Wildman–Crippen LogP) is 1.78.